The monoisotopic (exact) mass is 237 g/mol. The number of carbonyl (C=O) groups is 1. The Hall–Kier alpha value is -1.46. The molecule has 17 heavy (non-hydrogen) atoms. The maximum atomic E-state index is 13.2. The van der Waals surface area contributed by atoms with Gasteiger partial charge in [-0.1, -0.05) is 6.07 Å². The van der Waals surface area contributed by atoms with Crippen molar-refractivity contribution in [2.45, 2.75) is 12.8 Å². The molecule has 4 nitrogen and oxygen atoms in total. The van der Waals surface area contributed by atoms with Crippen LogP contribution in [-0.4, -0.2) is 30.6 Å². The van der Waals surface area contributed by atoms with Gasteiger partial charge in [0.05, 0.1) is 5.69 Å². The fourth-order valence-corrected chi connectivity index (χ4v) is 1.99. The van der Waals surface area contributed by atoms with Gasteiger partial charge in [-0.25, -0.2) is 14.4 Å². The molecular formula is C12H16FN3O. The van der Waals surface area contributed by atoms with Gasteiger partial charge in [-0.3, -0.25) is 4.79 Å². The molecule has 5 heteroatoms. The Kier molecular flexibility index (Phi) is 3.71. The van der Waals surface area contributed by atoms with Crippen LogP contribution in [0.5, 0.6) is 0 Å². The van der Waals surface area contributed by atoms with Crippen molar-refractivity contribution in [2.75, 3.05) is 24.6 Å². The van der Waals surface area contributed by atoms with Gasteiger partial charge in [0.15, 0.2) is 0 Å². The lowest BCUT2D eigenvalue weighted by molar-refractivity contribution is -0.118. The van der Waals surface area contributed by atoms with Crippen LogP contribution in [0.3, 0.4) is 0 Å². The van der Waals surface area contributed by atoms with E-state index in [0.29, 0.717) is 25.2 Å². The second-order valence-electron chi connectivity index (χ2n) is 4.03. The average Bonchev–Trinajstić information content (AvgIpc) is 2.68. The molecule has 1 aliphatic heterocycles. The molecule has 0 aromatic heterocycles. The molecule has 0 atom stereocenters. The van der Waals surface area contributed by atoms with E-state index in [2.05, 4.69) is 0 Å². The standard InChI is InChI=1S/C12H16FN3O/c13-10-3-1-4-11(9-10)16-12(17)5-8-15(16)7-2-6-14/h1,3-4,9H,2,5-8,14H2. The molecule has 0 bridgehead atoms. The van der Waals surface area contributed by atoms with Crippen molar-refractivity contribution in [3.63, 3.8) is 0 Å². The highest BCUT2D eigenvalue weighted by molar-refractivity contribution is 5.94. The van der Waals surface area contributed by atoms with Gasteiger partial charge in [-0.05, 0) is 31.2 Å². The third-order valence-corrected chi connectivity index (χ3v) is 2.78. The van der Waals surface area contributed by atoms with Gasteiger partial charge in [0, 0.05) is 19.5 Å². The molecule has 0 spiro atoms. The van der Waals surface area contributed by atoms with Gasteiger partial charge < -0.3 is 5.73 Å². The fraction of sp³-hybridized carbons (Fsp3) is 0.417. The first-order chi connectivity index (χ1) is 8.22. The lowest BCUT2D eigenvalue weighted by Gasteiger charge is -2.27. The molecule has 1 saturated heterocycles. The molecule has 2 N–H and O–H groups in total. The number of hydrogen-bond donors (Lipinski definition) is 1. The van der Waals surface area contributed by atoms with Crippen molar-refractivity contribution >= 4 is 11.6 Å². The number of anilines is 1. The van der Waals surface area contributed by atoms with Crippen LogP contribution < -0.4 is 10.7 Å². The Labute approximate surface area is 99.8 Å². The van der Waals surface area contributed by atoms with Crippen molar-refractivity contribution in [3.8, 4) is 0 Å². The fourth-order valence-electron chi connectivity index (χ4n) is 1.99. The van der Waals surface area contributed by atoms with Crippen molar-refractivity contribution in [2.24, 2.45) is 5.73 Å². The first-order valence-corrected chi connectivity index (χ1v) is 5.76. The van der Waals surface area contributed by atoms with Gasteiger partial charge in [-0.15, -0.1) is 0 Å². The summed E-state index contributed by atoms with van der Waals surface area (Å²) < 4.78 is 13.2. The highest BCUT2D eigenvalue weighted by Gasteiger charge is 2.29. The molecule has 0 aliphatic carbocycles. The lowest BCUT2D eigenvalue weighted by Crippen LogP contribution is -2.40. The second kappa shape index (κ2) is 5.25. The molecule has 92 valence electrons. The minimum Gasteiger partial charge on any atom is -0.330 e. The summed E-state index contributed by atoms with van der Waals surface area (Å²) in [7, 11) is 0. The van der Waals surface area contributed by atoms with Crippen molar-refractivity contribution in [1.29, 1.82) is 0 Å². The number of amides is 1. The number of hydrogen-bond acceptors (Lipinski definition) is 3. The third-order valence-electron chi connectivity index (χ3n) is 2.78. The summed E-state index contributed by atoms with van der Waals surface area (Å²) >= 11 is 0. The summed E-state index contributed by atoms with van der Waals surface area (Å²) in [6, 6.07) is 6.09. The van der Waals surface area contributed by atoms with Crippen molar-refractivity contribution < 1.29 is 9.18 Å². The van der Waals surface area contributed by atoms with E-state index in [9.17, 15) is 9.18 Å². The SMILES string of the molecule is NCCCN1CCC(=O)N1c1cccc(F)c1. The Balaban J connectivity index is 2.18. The first-order valence-electron chi connectivity index (χ1n) is 5.76. The van der Waals surface area contributed by atoms with Crippen LogP contribution in [0, 0.1) is 5.82 Å². The van der Waals surface area contributed by atoms with Crippen LogP contribution in [0.25, 0.3) is 0 Å². The van der Waals surface area contributed by atoms with Crippen LogP contribution in [0.1, 0.15) is 12.8 Å². The number of rotatable bonds is 4. The van der Waals surface area contributed by atoms with Crippen LogP contribution in [0.4, 0.5) is 10.1 Å². The summed E-state index contributed by atoms with van der Waals surface area (Å²) in [6.45, 7) is 1.98. The van der Waals surface area contributed by atoms with E-state index in [0.717, 1.165) is 13.0 Å². The van der Waals surface area contributed by atoms with Crippen molar-refractivity contribution in [1.82, 2.24) is 5.01 Å². The summed E-state index contributed by atoms with van der Waals surface area (Å²) in [5.41, 5.74) is 6.05. The normalized spacial score (nSPS) is 16.8. The van der Waals surface area contributed by atoms with E-state index in [1.807, 2.05) is 5.01 Å². The van der Waals surface area contributed by atoms with Gasteiger partial charge in [-0.2, -0.15) is 0 Å². The number of nitrogens with two attached hydrogens (primary N) is 1. The topological polar surface area (TPSA) is 49.6 Å². The van der Waals surface area contributed by atoms with Gasteiger partial charge >= 0.3 is 0 Å². The zero-order valence-electron chi connectivity index (χ0n) is 9.60. The second-order valence-corrected chi connectivity index (χ2v) is 4.03. The van der Waals surface area contributed by atoms with Gasteiger partial charge in [0.2, 0.25) is 5.91 Å². The molecule has 1 amide bonds. The largest absolute Gasteiger partial charge is 0.330 e. The Bertz CT molecular complexity index is 410. The first kappa shape index (κ1) is 12.0. The maximum Gasteiger partial charge on any atom is 0.242 e. The predicted molar refractivity (Wildman–Crippen MR) is 63.7 cm³/mol. The van der Waals surface area contributed by atoms with Gasteiger partial charge in [0.25, 0.3) is 0 Å². The van der Waals surface area contributed by atoms with E-state index in [1.54, 1.807) is 17.1 Å². The minimum absolute atomic E-state index is 0.00706. The minimum atomic E-state index is -0.332. The van der Waals surface area contributed by atoms with Crippen LogP contribution >= 0.6 is 0 Å². The highest BCUT2D eigenvalue weighted by Crippen LogP contribution is 2.23. The summed E-state index contributed by atoms with van der Waals surface area (Å²) in [6.07, 6.45) is 1.29. The van der Waals surface area contributed by atoms with Crippen LogP contribution in [0.15, 0.2) is 24.3 Å². The number of carbonyl (C=O) groups excluding carboxylic acids is 1. The van der Waals surface area contributed by atoms with E-state index in [1.165, 1.54) is 12.1 Å². The van der Waals surface area contributed by atoms with Crippen LogP contribution in [-0.2, 0) is 4.79 Å². The zero-order valence-corrected chi connectivity index (χ0v) is 9.60. The molecule has 1 heterocycles. The average molecular weight is 237 g/mol. The number of benzene rings is 1. The lowest BCUT2D eigenvalue weighted by atomic mass is 10.3. The van der Waals surface area contributed by atoms with E-state index < -0.39 is 0 Å². The Morgan fingerprint density at radius 2 is 2.24 bits per heavy atom. The third kappa shape index (κ3) is 2.62. The molecule has 2 rings (SSSR count). The van der Waals surface area contributed by atoms with E-state index >= 15 is 0 Å². The molecule has 1 aromatic rings. The number of hydrazine groups is 1. The molecular weight excluding hydrogens is 221 g/mol. The molecule has 1 fully saturated rings. The Morgan fingerprint density at radius 3 is 2.94 bits per heavy atom. The predicted octanol–water partition coefficient (Wildman–Crippen LogP) is 1.13. The number of nitrogens with zero attached hydrogens (tertiary/aromatic N) is 2. The Morgan fingerprint density at radius 1 is 1.41 bits per heavy atom. The van der Waals surface area contributed by atoms with E-state index in [-0.39, 0.29) is 11.7 Å². The van der Waals surface area contributed by atoms with Crippen LogP contribution in [0.2, 0.25) is 0 Å². The smallest absolute Gasteiger partial charge is 0.242 e. The number of halogens is 1. The molecule has 1 aromatic carbocycles. The quantitative estimate of drug-likeness (QED) is 0.854. The van der Waals surface area contributed by atoms with E-state index in [4.69, 9.17) is 5.73 Å². The summed E-state index contributed by atoms with van der Waals surface area (Å²) in [5.74, 6) is -0.325. The molecule has 0 unspecified atom stereocenters. The van der Waals surface area contributed by atoms with Gasteiger partial charge in [0.1, 0.15) is 5.82 Å². The van der Waals surface area contributed by atoms with Crippen molar-refractivity contribution in [3.05, 3.63) is 30.1 Å². The summed E-state index contributed by atoms with van der Waals surface area (Å²) in [4.78, 5) is 11.8. The molecule has 0 saturated carbocycles. The maximum absolute atomic E-state index is 13.2. The summed E-state index contributed by atoms with van der Waals surface area (Å²) in [5, 5.41) is 3.47. The molecule has 0 radical (unpaired) electrons. The highest BCUT2D eigenvalue weighted by atomic mass is 19.1. The molecule has 1 aliphatic rings. The zero-order chi connectivity index (χ0) is 12.3.